The highest BCUT2D eigenvalue weighted by Crippen LogP contribution is 2.16. The Morgan fingerprint density at radius 1 is 1.50 bits per heavy atom. The standard InChI is InChI=1S/C14H15N5O/c1-10-5-3-4-6-12(10)11(2)17-14(20)8-19-9-16-13(7-15)18-19/h3-6,9,11H,8H2,1-2H3,(H,17,20)/t11-/m0/s1. The minimum atomic E-state index is -0.171. The van der Waals surface area contributed by atoms with E-state index in [1.807, 2.05) is 44.2 Å². The molecule has 6 nitrogen and oxygen atoms in total. The van der Waals surface area contributed by atoms with E-state index >= 15 is 0 Å². The molecule has 0 aliphatic heterocycles. The van der Waals surface area contributed by atoms with Gasteiger partial charge in [-0.3, -0.25) is 4.79 Å². The first kappa shape index (κ1) is 13.7. The molecule has 1 aromatic heterocycles. The lowest BCUT2D eigenvalue weighted by Gasteiger charge is -2.16. The lowest BCUT2D eigenvalue weighted by Crippen LogP contribution is -2.30. The monoisotopic (exact) mass is 269 g/mol. The van der Waals surface area contributed by atoms with Gasteiger partial charge in [-0.2, -0.15) is 5.26 Å². The summed E-state index contributed by atoms with van der Waals surface area (Å²) in [5, 5.41) is 15.4. The van der Waals surface area contributed by atoms with Crippen LogP contribution in [0.2, 0.25) is 0 Å². The summed E-state index contributed by atoms with van der Waals surface area (Å²) in [7, 11) is 0. The van der Waals surface area contributed by atoms with E-state index in [2.05, 4.69) is 15.4 Å². The van der Waals surface area contributed by atoms with Gasteiger partial charge in [0.2, 0.25) is 5.91 Å². The predicted molar refractivity (Wildman–Crippen MR) is 72.5 cm³/mol. The van der Waals surface area contributed by atoms with Crippen LogP contribution in [0.4, 0.5) is 0 Å². The fourth-order valence-electron chi connectivity index (χ4n) is 2.01. The Hall–Kier alpha value is -2.68. The van der Waals surface area contributed by atoms with Gasteiger partial charge in [0, 0.05) is 0 Å². The molecule has 0 bridgehead atoms. The molecule has 0 saturated carbocycles. The molecular weight excluding hydrogens is 254 g/mol. The van der Waals surface area contributed by atoms with Gasteiger partial charge < -0.3 is 5.32 Å². The maximum Gasteiger partial charge on any atom is 0.252 e. The quantitative estimate of drug-likeness (QED) is 0.907. The number of aryl methyl sites for hydroxylation is 1. The van der Waals surface area contributed by atoms with E-state index in [0.29, 0.717) is 0 Å². The third kappa shape index (κ3) is 3.20. The van der Waals surface area contributed by atoms with Gasteiger partial charge in [-0.1, -0.05) is 24.3 Å². The Bertz CT molecular complexity index is 656. The highest BCUT2D eigenvalue weighted by atomic mass is 16.2. The molecular formula is C14H15N5O. The summed E-state index contributed by atoms with van der Waals surface area (Å²) in [6.45, 7) is 3.99. The topological polar surface area (TPSA) is 83.6 Å². The molecule has 2 rings (SSSR count). The number of benzene rings is 1. The highest BCUT2D eigenvalue weighted by Gasteiger charge is 2.12. The predicted octanol–water partition coefficient (Wildman–Crippen LogP) is 1.34. The molecule has 102 valence electrons. The smallest absolute Gasteiger partial charge is 0.252 e. The van der Waals surface area contributed by atoms with Crippen LogP contribution in [0.3, 0.4) is 0 Å². The SMILES string of the molecule is Cc1ccccc1[C@H](C)NC(=O)Cn1cnc(C#N)n1. The van der Waals surface area contributed by atoms with Gasteiger partial charge in [-0.25, -0.2) is 9.67 Å². The second-order valence-electron chi connectivity index (χ2n) is 4.52. The maximum atomic E-state index is 11.9. The van der Waals surface area contributed by atoms with Crippen LogP contribution >= 0.6 is 0 Å². The number of aromatic nitrogens is 3. The van der Waals surface area contributed by atoms with E-state index in [9.17, 15) is 4.79 Å². The molecule has 1 aromatic carbocycles. The number of nitrogens with zero attached hydrogens (tertiary/aromatic N) is 4. The molecule has 0 radical (unpaired) electrons. The zero-order valence-corrected chi connectivity index (χ0v) is 11.4. The van der Waals surface area contributed by atoms with E-state index in [1.165, 1.54) is 11.0 Å². The Morgan fingerprint density at radius 3 is 2.90 bits per heavy atom. The first-order valence-electron chi connectivity index (χ1n) is 6.24. The van der Waals surface area contributed by atoms with Gasteiger partial charge in [0.25, 0.3) is 5.82 Å². The average Bonchev–Trinajstić information content (AvgIpc) is 2.86. The molecule has 2 aromatic rings. The Morgan fingerprint density at radius 2 is 2.25 bits per heavy atom. The summed E-state index contributed by atoms with van der Waals surface area (Å²) < 4.78 is 1.35. The first-order chi connectivity index (χ1) is 9.60. The van der Waals surface area contributed by atoms with Gasteiger partial charge in [0.1, 0.15) is 18.9 Å². The van der Waals surface area contributed by atoms with E-state index in [1.54, 1.807) is 0 Å². The Labute approximate surface area is 117 Å². The van der Waals surface area contributed by atoms with Crippen LogP contribution in [0.1, 0.15) is 29.9 Å². The van der Waals surface area contributed by atoms with Crippen molar-refractivity contribution in [2.75, 3.05) is 0 Å². The first-order valence-corrected chi connectivity index (χ1v) is 6.24. The number of rotatable bonds is 4. The molecule has 6 heteroatoms. The van der Waals surface area contributed by atoms with E-state index in [0.717, 1.165) is 11.1 Å². The van der Waals surface area contributed by atoms with Crippen molar-refractivity contribution in [3.63, 3.8) is 0 Å². The molecule has 1 atom stereocenters. The van der Waals surface area contributed by atoms with Gasteiger partial charge in [0.15, 0.2) is 0 Å². The van der Waals surface area contributed by atoms with E-state index < -0.39 is 0 Å². The number of nitriles is 1. The lowest BCUT2D eigenvalue weighted by molar-refractivity contribution is -0.122. The number of hydrogen-bond donors (Lipinski definition) is 1. The fraction of sp³-hybridized carbons (Fsp3) is 0.286. The van der Waals surface area contributed by atoms with Gasteiger partial charge in [-0.15, -0.1) is 5.10 Å². The second-order valence-corrected chi connectivity index (χ2v) is 4.52. The second kappa shape index (κ2) is 5.97. The van der Waals surface area contributed by atoms with Crippen molar-refractivity contribution >= 4 is 5.91 Å². The molecule has 0 spiro atoms. The van der Waals surface area contributed by atoms with Gasteiger partial charge in [-0.05, 0) is 25.0 Å². The molecule has 0 fully saturated rings. The Kier molecular flexibility index (Phi) is 4.11. The van der Waals surface area contributed by atoms with E-state index in [-0.39, 0.29) is 24.3 Å². The molecule has 20 heavy (non-hydrogen) atoms. The van der Waals surface area contributed by atoms with Gasteiger partial charge in [0.05, 0.1) is 6.04 Å². The Balaban J connectivity index is 1.98. The van der Waals surface area contributed by atoms with Crippen molar-refractivity contribution < 1.29 is 4.79 Å². The largest absolute Gasteiger partial charge is 0.348 e. The molecule has 1 N–H and O–H groups in total. The number of hydrogen-bond acceptors (Lipinski definition) is 4. The minimum Gasteiger partial charge on any atom is -0.348 e. The maximum absolute atomic E-state index is 11.9. The molecule has 0 aliphatic carbocycles. The number of amides is 1. The zero-order chi connectivity index (χ0) is 14.5. The average molecular weight is 269 g/mol. The van der Waals surface area contributed by atoms with Gasteiger partial charge >= 0.3 is 0 Å². The number of carbonyl (C=O) groups is 1. The van der Waals surface area contributed by atoms with Crippen LogP contribution in [0.25, 0.3) is 0 Å². The van der Waals surface area contributed by atoms with Crippen LogP contribution in [0, 0.1) is 18.3 Å². The molecule has 0 unspecified atom stereocenters. The number of nitrogens with one attached hydrogen (secondary N) is 1. The summed E-state index contributed by atoms with van der Waals surface area (Å²) in [4.78, 5) is 15.7. The third-order valence-corrected chi connectivity index (χ3v) is 2.97. The zero-order valence-electron chi connectivity index (χ0n) is 11.4. The third-order valence-electron chi connectivity index (χ3n) is 2.97. The van der Waals surface area contributed by atoms with Crippen LogP contribution < -0.4 is 5.32 Å². The highest BCUT2D eigenvalue weighted by molar-refractivity contribution is 5.76. The van der Waals surface area contributed by atoms with Crippen molar-refractivity contribution in [3.05, 3.63) is 47.5 Å². The normalized spacial score (nSPS) is 11.7. The van der Waals surface area contributed by atoms with Crippen molar-refractivity contribution in [1.82, 2.24) is 20.1 Å². The van der Waals surface area contributed by atoms with Crippen molar-refractivity contribution in [2.45, 2.75) is 26.4 Å². The summed E-state index contributed by atoms with van der Waals surface area (Å²) in [6, 6.07) is 9.65. The fourth-order valence-corrected chi connectivity index (χ4v) is 2.01. The molecule has 0 saturated heterocycles. The van der Waals surface area contributed by atoms with Crippen molar-refractivity contribution in [2.24, 2.45) is 0 Å². The van der Waals surface area contributed by atoms with E-state index in [4.69, 9.17) is 5.26 Å². The van der Waals surface area contributed by atoms with Crippen molar-refractivity contribution in [3.8, 4) is 6.07 Å². The lowest BCUT2D eigenvalue weighted by atomic mass is 10.0. The van der Waals surface area contributed by atoms with Crippen LogP contribution in [0.5, 0.6) is 0 Å². The summed E-state index contributed by atoms with van der Waals surface area (Å²) >= 11 is 0. The van der Waals surface area contributed by atoms with Crippen LogP contribution in [-0.2, 0) is 11.3 Å². The summed E-state index contributed by atoms with van der Waals surface area (Å²) in [6.07, 6.45) is 1.37. The van der Waals surface area contributed by atoms with Crippen LogP contribution in [-0.4, -0.2) is 20.7 Å². The minimum absolute atomic E-state index is 0.0465. The number of carbonyl (C=O) groups excluding carboxylic acids is 1. The van der Waals surface area contributed by atoms with Crippen molar-refractivity contribution in [1.29, 1.82) is 5.26 Å². The molecule has 0 aliphatic rings. The summed E-state index contributed by atoms with van der Waals surface area (Å²) in [5.41, 5.74) is 2.21. The van der Waals surface area contributed by atoms with Crippen LogP contribution in [0.15, 0.2) is 30.6 Å². The molecule has 1 heterocycles. The summed E-state index contributed by atoms with van der Waals surface area (Å²) in [5.74, 6) is -0.111. The molecule has 1 amide bonds.